The topological polar surface area (TPSA) is 29.5 Å². The Balaban J connectivity index is 2.05. The van der Waals surface area contributed by atoms with Crippen molar-refractivity contribution in [2.75, 3.05) is 6.61 Å². The van der Waals surface area contributed by atoms with Gasteiger partial charge >= 0.3 is 0 Å². The van der Waals surface area contributed by atoms with Crippen LogP contribution in [0.15, 0.2) is 42.5 Å². The smallest absolute Gasteiger partial charge is 0.138 e. The SMILES string of the molecule is Cc1ccc(Cl)c(OCc2cccc(C#CCCO)c2)c1. The zero-order chi connectivity index (χ0) is 15.1. The Morgan fingerprint density at radius 1 is 1.19 bits per heavy atom. The van der Waals surface area contributed by atoms with Gasteiger partial charge in [0.2, 0.25) is 0 Å². The molecule has 0 amide bonds. The average molecular weight is 301 g/mol. The van der Waals surface area contributed by atoms with Crippen LogP contribution in [-0.4, -0.2) is 11.7 Å². The molecule has 1 N–H and O–H groups in total. The maximum absolute atomic E-state index is 8.72. The van der Waals surface area contributed by atoms with Gasteiger partial charge < -0.3 is 9.84 Å². The molecule has 2 aromatic carbocycles. The van der Waals surface area contributed by atoms with E-state index in [2.05, 4.69) is 11.8 Å². The first-order chi connectivity index (χ1) is 10.2. The highest BCUT2D eigenvalue weighted by molar-refractivity contribution is 6.32. The van der Waals surface area contributed by atoms with Crippen LogP contribution in [0.1, 0.15) is 23.1 Å². The van der Waals surface area contributed by atoms with Gasteiger partial charge in [-0.2, -0.15) is 0 Å². The Bertz CT molecular complexity index is 668. The van der Waals surface area contributed by atoms with E-state index in [0.29, 0.717) is 23.8 Å². The van der Waals surface area contributed by atoms with E-state index in [4.69, 9.17) is 21.4 Å². The van der Waals surface area contributed by atoms with Crippen LogP contribution in [0.2, 0.25) is 5.02 Å². The van der Waals surface area contributed by atoms with Gasteiger partial charge in [0.05, 0.1) is 11.6 Å². The lowest BCUT2D eigenvalue weighted by Crippen LogP contribution is -1.96. The molecule has 21 heavy (non-hydrogen) atoms. The molecule has 2 nitrogen and oxygen atoms in total. The normalized spacial score (nSPS) is 9.86. The summed E-state index contributed by atoms with van der Waals surface area (Å²) in [7, 11) is 0. The monoisotopic (exact) mass is 300 g/mol. The maximum Gasteiger partial charge on any atom is 0.138 e. The van der Waals surface area contributed by atoms with Crippen LogP contribution in [-0.2, 0) is 6.61 Å². The molecule has 0 radical (unpaired) electrons. The third kappa shape index (κ3) is 4.82. The molecule has 0 aromatic heterocycles. The van der Waals surface area contributed by atoms with Crippen LogP contribution in [0.3, 0.4) is 0 Å². The van der Waals surface area contributed by atoms with Crippen LogP contribution in [0, 0.1) is 18.8 Å². The molecule has 0 saturated carbocycles. The number of halogens is 1. The minimum atomic E-state index is 0.0850. The first-order valence-electron chi connectivity index (χ1n) is 6.76. The lowest BCUT2D eigenvalue weighted by atomic mass is 10.1. The first kappa shape index (κ1) is 15.4. The summed E-state index contributed by atoms with van der Waals surface area (Å²) in [5.41, 5.74) is 3.06. The summed E-state index contributed by atoms with van der Waals surface area (Å²) in [4.78, 5) is 0. The molecule has 0 fully saturated rings. The van der Waals surface area contributed by atoms with E-state index in [0.717, 1.165) is 16.7 Å². The fraction of sp³-hybridized carbons (Fsp3) is 0.222. The average Bonchev–Trinajstić information content (AvgIpc) is 2.49. The van der Waals surface area contributed by atoms with Crippen molar-refractivity contribution >= 4 is 11.6 Å². The van der Waals surface area contributed by atoms with Crippen LogP contribution < -0.4 is 4.74 Å². The number of hydrogen-bond donors (Lipinski definition) is 1. The van der Waals surface area contributed by atoms with Gasteiger partial charge in [-0.15, -0.1) is 0 Å². The van der Waals surface area contributed by atoms with E-state index >= 15 is 0 Å². The van der Waals surface area contributed by atoms with Crippen molar-refractivity contribution in [2.45, 2.75) is 20.0 Å². The van der Waals surface area contributed by atoms with Crippen LogP contribution in [0.25, 0.3) is 0 Å². The first-order valence-corrected chi connectivity index (χ1v) is 7.14. The molecule has 0 spiro atoms. The maximum atomic E-state index is 8.72. The molecular formula is C18H17ClO2. The van der Waals surface area contributed by atoms with Gasteiger partial charge in [0, 0.05) is 12.0 Å². The largest absolute Gasteiger partial charge is 0.487 e. The molecule has 0 saturated heterocycles. The van der Waals surface area contributed by atoms with E-state index in [1.807, 2.05) is 49.4 Å². The molecule has 0 unspecified atom stereocenters. The van der Waals surface area contributed by atoms with Gasteiger partial charge in [0.15, 0.2) is 0 Å². The molecule has 0 heterocycles. The Kier molecular flexibility index (Phi) is 5.68. The second-order valence-electron chi connectivity index (χ2n) is 4.70. The zero-order valence-corrected chi connectivity index (χ0v) is 12.7. The second-order valence-corrected chi connectivity index (χ2v) is 5.11. The minimum absolute atomic E-state index is 0.0850. The van der Waals surface area contributed by atoms with Gasteiger partial charge in [-0.05, 0) is 42.3 Å². The third-order valence-corrected chi connectivity index (χ3v) is 3.19. The lowest BCUT2D eigenvalue weighted by Gasteiger charge is -2.09. The quantitative estimate of drug-likeness (QED) is 0.866. The van der Waals surface area contributed by atoms with E-state index < -0.39 is 0 Å². The molecule has 108 valence electrons. The van der Waals surface area contributed by atoms with Gasteiger partial charge in [0.25, 0.3) is 0 Å². The number of aryl methyl sites for hydroxylation is 1. The van der Waals surface area contributed by atoms with Crippen molar-refractivity contribution < 1.29 is 9.84 Å². The van der Waals surface area contributed by atoms with Gasteiger partial charge in [0.1, 0.15) is 12.4 Å². The predicted octanol–water partition coefficient (Wildman–Crippen LogP) is 3.96. The predicted molar refractivity (Wildman–Crippen MR) is 85.5 cm³/mol. The summed E-state index contributed by atoms with van der Waals surface area (Å²) in [6.07, 6.45) is 0.486. The standard InChI is InChI=1S/C18H17ClO2/c1-14-8-9-17(19)18(11-14)21-13-16-7-4-6-15(12-16)5-2-3-10-20/h4,6-9,11-12,20H,3,10,13H2,1H3. The molecule has 2 rings (SSSR count). The highest BCUT2D eigenvalue weighted by Gasteiger charge is 2.02. The van der Waals surface area contributed by atoms with Crippen molar-refractivity contribution in [2.24, 2.45) is 0 Å². The fourth-order valence-electron chi connectivity index (χ4n) is 1.84. The van der Waals surface area contributed by atoms with Gasteiger partial charge in [-0.1, -0.05) is 41.6 Å². The number of aliphatic hydroxyl groups is 1. The number of ether oxygens (including phenoxy) is 1. The fourth-order valence-corrected chi connectivity index (χ4v) is 2.01. The summed E-state index contributed by atoms with van der Waals surface area (Å²) in [6, 6.07) is 13.6. The molecule has 0 aliphatic heterocycles. The Hall–Kier alpha value is -1.95. The molecule has 2 aromatic rings. The van der Waals surface area contributed by atoms with Gasteiger partial charge in [-0.25, -0.2) is 0 Å². The van der Waals surface area contributed by atoms with Gasteiger partial charge in [-0.3, -0.25) is 0 Å². The van der Waals surface area contributed by atoms with Crippen molar-refractivity contribution in [3.05, 3.63) is 64.2 Å². The van der Waals surface area contributed by atoms with E-state index in [1.165, 1.54) is 0 Å². The molecule has 0 aliphatic carbocycles. The van der Waals surface area contributed by atoms with Crippen LogP contribution in [0.4, 0.5) is 0 Å². The summed E-state index contributed by atoms with van der Waals surface area (Å²) >= 11 is 6.11. The van der Waals surface area contributed by atoms with Crippen molar-refractivity contribution in [3.8, 4) is 17.6 Å². The third-order valence-electron chi connectivity index (χ3n) is 2.88. The Labute approximate surface area is 130 Å². The highest BCUT2D eigenvalue weighted by Crippen LogP contribution is 2.26. The summed E-state index contributed by atoms with van der Waals surface area (Å²) in [5.74, 6) is 6.61. The van der Waals surface area contributed by atoms with Crippen molar-refractivity contribution in [1.29, 1.82) is 0 Å². The van der Waals surface area contributed by atoms with E-state index in [-0.39, 0.29) is 6.61 Å². The number of rotatable bonds is 4. The molecule has 0 aliphatic rings. The summed E-state index contributed by atoms with van der Waals surface area (Å²) < 4.78 is 5.76. The lowest BCUT2D eigenvalue weighted by molar-refractivity contribution is 0.305. The zero-order valence-electron chi connectivity index (χ0n) is 11.9. The number of benzene rings is 2. The van der Waals surface area contributed by atoms with E-state index in [1.54, 1.807) is 0 Å². The molecule has 3 heteroatoms. The molecular weight excluding hydrogens is 284 g/mol. The van der Waals surface area contributed by atoms with Crippen molar-refractivity contribution in [1.82, 2.24) is 0 Å². The summed E-state index contributed by atoms with van der Waals surface area (Å²) in [6.45, 7) is 2.53. The van der Waals surface area contributed by atoms with Crippen LogP contribution in [0.5, 0.6) is 5.75 Å². The second kappa shape index (κ2) is 7.73. The number of hydrogen-bond acceptors (Lipinski definition) is 2. The molecule has 0 atom stereocenters. The number of aliphatic hydroxyl groups excluding tert-OH is 1. The Morgan fingerprint density at radius 3 is 2.86 bits per heavy atom. The van der Waals surface area contributed by atoms with Crippen molar-refractivity contribution in [3.63, 3.8) is 0 Å². The highest BCUT2D eigenvalue weighted by atomic mass is 35.5. The van der Waals surface area contributed by atoms with E-state index in [9.17, 15) is 0 Å². The Morgan fingerprint density at radius 2 is 2.05 bits per heavy atom. The van der Waals surface area contributed by atoms with Crippen LogP contribution >= 0.6 is 11.6 Å². The minimum Gasteiger partial charge on any atom is -0.487 e. The summed E-state index contributed by atoms with van der Waals surface area (Å²) in [5, 5.41) is 9.33. The molecule has 0 bridgehead atoms.